The van der Waals surface area contributed by atoms with Crippen LogP contribution in [0.2, 0.25) is 5.28 Å². The molecule has 0 saturated heterocycles. The molecule has 96 valence electrons. The Bertz CT molecular complexity index is 486. The molecule has 0 aliphatic carbocycles. The summed E-state index contributed by atoms with van der Waals surface area (Å²) < 4.78 is 4.47. The van der Waals surface area contributed by atoms with Gasteiger partial charge in [0.05, 0.1) is 7.11 Å². The van der Waals surface area contributed by atoms with Gasteiger partial charge in [-0.25, -0.2) is 4.90 Å². The van der Waals surface area contributed by atoms with E-state index in [9.17, 15) is 4.79 Å². The number of halogens is 1. The smallest absolute Gasteiger partial charge is 0.326 e. The van der Waals surface area contributed by atoms with Crippen molar-refractivity contribution in [2.24, 2.45) is 0 Å². The topological polar surface area (TPSA) is 95.2 Å². The van der Waals surface area contributed by atoms with Crippen LogP contribution in [0, 0.1) is 11.5 Å². The van der Waals surface area contributed by atoms with Crippen LogP contribution in [0.3, 0.4) is 0 Å². The molecule has 0 amide bonds. The zero-order valence-corrected chi connectivity index (χ0v) is 10.8. The van der Waals surface area contributed by atoms with Crippen LogP contribution in [-0.4, -0.2) is 48.7 Å². The second kappa shape index (κ2) is 5.97. The maximum absolute atomic E-state index is 11.1. The Labute approximate surface area is 109 Å². The second-order valence-electron chi connectivity index (χ2n) is 3.36. The highest BCUT2D eigenvalue weighted by molar-refractivity contribution is 6.28. The normalized spacial score (nSPS) is 9.50. The van der Waals surface area contributed by atoms with Gasteiger partial charge in [0.1, 0.15) is 6.54 Å². The molecule has 0 fully saturated rings. The van der Waals surface area contributed by atoms with Gasteiger partial charge < -0.3 is 9.64 Å². The van der Waals surface area contributed by atoms with E-state index in [1.54, 1.807) is 25.2 Å². The molecule has 1 rings (SSSR count). The molecule has 9 heteroatoms. The molecule has 0 saturated carbocycles. The van der Waals surface area contributed by atoms with Crippen LogP contribution in [0.15, 0.2) is 0 Å². The Kier molecular flexibility index (Phi) is 4.62. The third-order valence-electron chi connectivity index (χ3n) is 1.86. The molecule has 1 aromatic rings. The first-order chi connectivity index (χ1) is 8.47. The Morgan fingerprint density at radius 1 is 1.39 bits per heavy atom. The number of aromatic nitrogens is 3. The summed E-state index contributed by atoms with van der Waals surface area (Å²) in [5.74, 6) is -0.304. The third-order valence-corrected chi connectivity index (χ3v) is 2.03. The summed E-state index contributed by atoms with van der Waals surface area (Å²) in [5, 5.41) is 8.89. The molecule has 0 spiro atoms. The van der Waals surface area contributed by atoms with Crippen molar-refractivity contribution in [3.05, 3.63) is 5.28 Å². The number of anilines is 2. The standard InChI is InChI=1S/C9H11ClN6O2/c1-15(2)8-12-7(10)13-9(14-8)16(5-11)4-6(17)18-3/h4H2,1-3H3. The molecule has 0 bridgehead atoms. The van der Waals surface area contributed by atoms with Gasteiger partial charge in [-0.1, -0.05) is 0 Å². The first-order valence-corrected chi connectivity index (χ1v) is 5.18. The van der Waals surface area contributed by atoms with E-state index in [1.165, 1.54) is 7.11 Å². The second-order valence-corrected chi connectivity index (χ2v) is 3.70. The molecular formula is C9H11ClN6O2. The lowest BCUT2D eigenvalue weighted by atomic mass is 10.6. The quantitative estimate of drug-likeness (QED) is 0.430. The predicted molar refractivity (Wildman–Crippen MR) is 64.1 cm³/mol. The third kappa shape index (κ3) is 3.43. The van der Waals surface area contributed by atoms with Crippen molar-refractivity contribution in [3.8, 4) is 6.19 Å². The highest BCUT2D eigenvalue weighted by Gasteiger charge is 2.17. The number of hydrogen-bond donors (Lipinski definition) is 0. The minimum atomic E-state index is -0.584. The Balaban J connectivity index is 3.06. The van der Waals surface area contributed by atoms with Gasteiger partial charge in [-0.05, 0) is 11.6 Å². The first kappa shape index (κ1) is 13.9. The van der Waals surface area contributed by atoms with Crippen molar-refractivity contribution in [1.82, 2.24) is 15.0 Å². The summed E-state index contributed by atoms with van der Waals surface area (Å²) in [6, 6.07) is 0. The Morgan fingerprint density at radius 2 is 2.00 bits per heavy atom. The minimum absolute atomic E-state index is 0.00778. The minimum Gasteiger partial charge on any atom is -0.468 e. The van der Waals surface area contributed by atoms with Crippen molar-refractivity contribution in [3.63, 3.8) is 0 Å². The van der Waals surface area contributed by atoms with E-state index in [2.05, 4.69) is 19.7 Å². The van der Waals surface area contributed by atoms with E-state index in [-0.39, 0.29) is 23.7 Å². The van der Waals surface area contributed by atoms with Gasteiger partial charge in [-0.15, -0.1) is 0 Å². The fraction of sp³-hybridized carbons (Fsp3) is 0.444. The maximum Gasteiger partial charge on any atom is 0.326 e. The van der Waals surface area contributed by atoms with Crippen molar-refractivity contribution in [1.29, 1.82) is 5.26 Å². The fourth-order valence-electron chi connectivity index (χ4n) is 0.995. The van der Waals surface area contributed by atoms with E-state index in [1.807, 2.05) is 0 Å². The monoisotopic (exact) mass is 270 g/mol. The lowest BCUT2D eigenvalue weighted by Crippen LogP contribution is -2.28. The van der Waals surface area contributed by atoms with Gasteiger partial charge in [-0.2, -0.15) is 20.2 Å². The Morgan fingerprint density at radius 3 is 2.50 bits per heavy atom. The van der Waals surface area contributed by atoms with Gasteiger partial charge in [0, 0.05) is 14.1 Å². The van der Waals surface area contributed by atoms with E-state index in [0.29, 0.717) is 0 Å². The molecule has 0 radical (unpaired) electrons. The molecule has 1 aromatic heterocycles. The number of carbonyl (C=O) groups excluding carboxylic acids is 1. The molecule has 0 unspecified atom stereocenters. The van der Waals surface area contributed by atoms with Crippen LogP contribution in [0.4, 0.5) is 11.9 Å². The van der Waals surface area contributed by atoms with Crippen molar-refractivity contribution < 1.29 is 9.53 Å². The van der Waals surface area contributed by atoms with Gasteiger partial charge >= 0.3 is 5.97 Å². The number of nitriles is 1. The van der Waals surface area contributed by atoms with Gasteiger partial charge in [0.25, 0.3) is 0 Å². The molecule has 0 N–H and O–H groups in total. The SMILES string of the molecule is COC(=O)CN(C#N)c1nc(Cl)nc(N(C)C)n1. The molecule has 8 nitrogen and oxygen atoms in total. The van der Waals surface area contributed by atoms with E-state index >= 15 is 0 Å². The molecule has 0 atom stereocenters. The zero-order chi connectivity index (χ0) is 13.7. The summed E-state index contributed by atoms with van der Waals surface area (Å²) >= 11 is 5.72. The maximum atomic E-state index is 11.1. The van der Waals surface area contributed by atoms with Crippen LogP contribution in [0.5, 0.6) is 0 Å². The molecule has 1 heterocycles. The van der Waals surface area contributed by atoms with Crippen molar-refractivity contribution >= 4 is 29.5 Å². The van der Waals surface area contributed by atoms with Crippen LogP contribution in [0.1, 0.15) is 0 Å². The highest BCUT2D eigenvalue weighted by atomic mass is 35.5. The summed E-state index contributed by atoms with van der Waals surface area (Å²) in [7, 11) is 4.66. The summed E-state index contributed by atoms with van der Waals surface area (Å²) in [4.78, 5) is 25.4. The number of ether oxygens (including phenoxy) is 1. The van der Waals surface area contributed by atoms with Gasteiger partial charge in [0.15, 0.2) is 6.19 Å². The van der Waals surface area contributed by atoms with E-state index < -0.39 is 5.97 Å². The van der Waals surface area contributed by atoms with Gasteiger partial charge in [0.2, 0.25) is 17.2 Å². The highest BCUT2D eigenvalue weighted by Crippen LogP contribution is 2.14. The summed E-state index contributed by atoms with van der Waals surface area (Å²) in [6.07, 6.45) is 1.78. The number of hydrogen-bond acceptors (Lipinski definition) is 8. The number of methoxy groups -OCH3 is 1. The fourth-order valence-corrected chi connectivity index (χ4v) is 1.15. The number of carbonyl (C=O) groups is 1. The summed E-state index contributed by atoms with van der Waals surface area (Å²) in [5.41, 5.74) is 0. The number of rotatable bonds is 4. The molecule has 18 heavy (non-hydrogen) atoms. The van der Waals surface area contributed by atoms with E-state index in [0.717, 1.165) is 4.90 Å². The zero-order valence-electron chi connectivity index (χ0n) is 10.1. The lowest BCUT2D eigenvalue weighted by Gasteiger charge is -2.15. The number of nitrogens with zero attached hydrogens (tertiary/aromatic N) is 6. The van der Waals surface area contributed by atoms with Crippen molar-refractivity contribution in [2.45, 2.75) is 0 Å². The molecule has 0 aromatic carbocycles. The predicted octanol–water partition coefficient (Wildman–Crippen LogP) is 0.0515. The van der Waals surface area contributed by atoms with Crippen LogP contribution < -0.4 is 9.80 Å². The summed E-state index contributed by atoms with van der Waals surface area (Å²) in [6.45, 7) is -0.291. The van der Waals surface area contributed by atoms with Crippen molar-refractivity contribution in [2.75, 3.05) is 37.5 Å². The Hall–Kier alpha value is -2.14. The first-order valence-electron chi connectivity index (χ1n) is 4.81. The van der Waals surface area contributed by atoms with Gasteiger partial charge in [-0.3, -0.25) is 4.79 Å². The molecular weight excluding hydrogens is 260 g/mol. The van der Waals surface area contributed by atoms with E-state index in [4.69, 9.17) is 16.9 Å². The largest absolute Gasteiger partial charge is 0.468 e. The molecule has 0 aliphatic heterocycles. The van der Waals surface area contributed by atoms with Crippen LogP contribution >= 0.6 is 11.6 Å². The molecule has 0 aliphatic rings. The number of esters is 1. The van der Waals surface area contributed by atoms with Crippen LogP contribution in [-0.2, 0) is 9.53 Å². The average Bonchev–Trinajstić information content (AvgIpc) is 2.34. The van der Waals surface area contributed by atoms with Crippen LogP contribution in [0.25, 0.3) is 0 Å². The average molecular weight is 271 g/mol. The lowest BCUT2D eigenvalue weighted by molar-refractivity contribution is -0.138.